The lowest BCUT2D eigenvalue weighted by Gasteiger charge is -2.14. The van der Waals surface area contributed by atoms with E-state index in [0.717, 1.165) is 24.7 Å². The Morgan fingerprint density at radius 3 is 2.55 bits per heavy atom. The molecule has 4 nitrogen and oxygen atoms in total. The van der Waals surface area contributed by atoms with Gasteiger partial charge in [0.25, 0.3) is 0 Å². The van der Waals surface area contributed by atoms with E-state index in [-0.39, 0.29) is 6.61 Å². The number of hydrogen-bond acceptors (Lipinski definition) is 4. The van der Waals surface area contributed by atoms with Gasteiger partial charge in [0.1, 0.15) is 12.4 Å². The van der Waals surface area contributed by atoms with E-state index in [2.05, 4.69) is 38.5 Å². The fourth-order valence-corrected chi connectivity index (χ4v) is 4.69. The normalized spacial score (nSPS) is 14.3. The van der Waals surface area contributed by atoms with Gasteiger partial charge in [-0.3, -0.25) is 0 Å². The Bertz CT molecular complexity index is 1290. The van der Waals surface area contributed by atoms with Crippen LogP contribution < -0.4 is 9.47 Å². The SMILES string of the molecule is COc1cc(C=C2C=C(c3ccc(Br)cc3)OC2=O)cc(I)c1OCc1ccc(Cl)cc1Cl. The van der Waals surface area contributed by atoms with Gasteiger partial charge in [-0.05, 0) is 76.7 Å². The maximum absolute atomic E-state index is 12.4. The molecule has 0 amide bonds. The van der Waals surface area contributed by atoms with Gasteiger partial charge >= 0.3 is 5.97 Å². The molecule has 0 saturated heterocycles. The first-order chi connectivity index (χ1) is 15.8. The van der Waals surface area contributed by atoms with Gasteiger partial charge in [0.15, 0.2) is 11.5 Å². The molecule has 0 N–H and O–H groups in total. The third-order valence-corrected chi connectivity index (χ3v) is 6.73. The van der Waals surface area contributed by atoms with Gasteiger partial charge in [0, 0.05) is 25.6 Å². The highest BCUT2D eigenvalue weighted by atomic mass is 127. The minimum Gasteiger partial charge on any atom is -0.493 e. The van der Waals surface area contributed by atoms with Gasteiger partial charge in [0.2, 0.25) is 0 Å². The third-order valence-electron chi connectivity index (χ3n) is 4.81. The lowest BCUT2D eigenvalue weighted by atomic mass is 10.1. The van der Waals surface area contributed by atoms with E-state index < -0.39 is 5.97 Å². The number of cyclic esters (lactones) is 1. The second-order valence-electron chi connectivity index (χ2n) is 7.06. The van der Waals surface area contributed by atoms with Crippen molar-refractivity contribution < 1.29 is 19.0 Å². The molecule has 1 heterocycles. The molecule has 0 saturated carbocycles. The highest BCUT2D eigenvalue weighted by Gasteiger charge is 2.22. The van der Waals surface area contributed by atoms with Gasteiger partial charge < -0.3 is 14.2 Å². The zero-order chi connectivity index (χ0) is 23.5. The quantitative estimate of drug-likeness (QED) is 0.154. The molecule has 0 atom stereocenters. The number of hydrogen-bond donors (Lipinski definition) is 0. The Balaban J connectivity index is 1.59. The first kappa shape index (κ1) is 24.1. The molecule has 0 radical (unpaired) electrons. The van der Waals surface area contributed by atoms with Crippen LogP contribution in [-0.4, -0.2) is 13.1 Å². The van der Waals surface area contributed by atoms with Crippen LogP contribution in [0.4, 0.5) is 0 Å². The number of rotatable bonds is 6. The number of ether oxygens (including phenoxy) is 3. The molecule has 0 fully saturated rings. The molecule has 0 aromatic heterocycles. The molecule has 0 aliphatic carbocycles. The van der Waals surface area contributed by atoms with Crippen LogP contribution in [0.2, 0.25) is 10.0 Å². The fraction of sp³-hybridized carbons (Fsp3) is 0.0800. The zero-order valence-electron chi connectivity index (χ0n) is 17.2. The monoisotopic (exact) mass is 656 g/mol. The zero-order valence-corrected chi connectivity index (χ0v) is 22.5. The summed E-state index contributed by atoms with van der Waals surface area (Å²) in [5, 5.41) is 1.10. The predicted octanol–water partition coefficient (Wildman–Crippen LogP) is 7.93. The van der Waals surface area contributed by atoms with Crippen molar-refractivity contribution in [2.75, 3.05) is 7.11 Å². The lowest BCUT2D eigenvalue weighted by Crippen LogP contribution is -2.01. The van der Waals surface area contributed by atoms with Crippen molar-refractivity contribution in [2.45, 2.75) is 6.61 Å². The van der Waals surface area contributed by atoms with Crippen molar-refractivity contribution in [1.29, 1.82) is 0 Å². The minimum absolute atomic E-state index is 0.258. The van der Waals surface area contributed by atoms with Crippen LogP contribution in [0.25, 0.3) is 11.8 Å². The summed E-state index contributed by atoms with van der Waals surface area (Å²) in [6, 6.07) is 16.6. The van der Waals surface area contributed by atoms with Crippen LogP contribution in [0.15, 0.2) is 70.7 Å². The van der Waals surface area contributed by atoms with Gasteiger partial charge in [-0.25, -0.2) is 4.79 Å². The summed E-state index contributed by atoms with van der Waals surface area (Å²) in [4.78, 5) is 12.4. The maximum atomic E-state index is 12.4. The van der Waals surface area contributed by atoms with Gasteiger partial charge in [0.05, 0.1) is 16.3 Å². The number of esters is 1. The first-order valence-electron chi connectivity index (χ1n) is 9.70. The van der Waals surface area contributed by atoms with Crippen LogP contribution in [0.5, 0.6) is 11.5 Å². The van der Waals surface area contributed by atoms with E-state index in [4.69, 9.17) is 37.4 Å². The summed E-state index contributed by atoms with van der Waals surface area (Å²) in [6.07, 6.45) is 3.50. The largest absolute Gasteiger partial charge is 0.493 e. The Morgan fingerprint density at radius 1 is 1.09 bits per heavy atom. The summed E-state index contributed by atoms with van der Waals surface area (Å²) in [5.74, 6) is 1.24. The highest BCUT2D eigenvalue weighted by Crippen LogP contribution is 2.37. The van der Waals surface area contributed by atoms with Gasteiger partial charge in [-0.1, -0.05) is 57.3 Å². The molecule has 3 aromatic rings. The van der Waals surface area contributed by atoms with E-state index in [1.165, 1.54) is 0 Å². The number of carbonyl (C=O) groups excluding carboxylic acids is 1. The van der Waals surface area contributed by atoms with Crippen molar-refractivity contribution in [1.82, 2.24) is 0 Å². The van der Waals surface area contributed by atoms with E-state index in [1.54, 1.807) is 31.4 Å². The maximum Gasteiger partial charge on any atom is 0.343 e. The molecule has 4 rings (SSSR count). The molecule has 33 heavy (non-hydrogen) atoms. The molecule has 0 bridgehead atoms. The number of halogens is 4. The lowest BCUT2D eigenvalue weighted by molar-refractivity contribution is -0.130. The molecule has 0 spiro atoms. The second-order valence-corrected chi connectivity index (χ2v) is 9.98. The number of methoxy groups -OCH3 is 1. The molecular weight excluding hydrogens is 642 g/mol. The Labute approximate surface area is 223 Å². The fourth-order valence-electron chi connectivity index (χ4n) is 3.18. The summed E-state index contributed by atoms with van der Waals surface area (Å²) in [7, 11) is 1.57. The molecule has 1 aliphatic heterocycles. The molecule has 168 valence electrons. The molecule has 8 heteroatoms. The van der Waals surface area contributed by atoms with Crippen LogP contribution in [0.3, 0.4) is 0 Å². The number of carbonyl (C=O) groups is 1. The second kappa shape index (κ2) is 10.5. The average Bonchev–Trinajstić information content (AvgIpc) is 3.14. The Hall–Kier alpha value is -2.00. The van der Waals surface area contributed by atoms with Crippen molar-refractivity contribution in [2.24, 2.45) is 0 Å². The summed E-state index contributed by atoms with van der Waals surface area (Å²) in [5.41, 5.74) is 2.87. The van der Waals surface area contributed by atoms with Crippen molar-refractivity contribution in [3.05, 3.63) is 101 Å². The van der Waals surface area contributed by atoms with Crippen LogP contribution in [0, 0.1) is 3.57 Å². The van der Waals surface area contributed by atoms with Crippen LogP contribution in [0.1, 0.15) is 16.7 Å². The highest BCUT2D eigenvalue weighted by molar-refractivity contribution is 14.1. The van der Waals surface area contributed by atoms with Gasteiger partial charge in [-0.2, -0.15) is 0 Å². The summed E-state index contributed by atoms with van der Waals surface area (Å²) >= 11 is 17.8. The van der Waals surface area contributed by atoms with Gasteiger partial charge in [-0.15, -0.1) is 0 Å². The topological polar surface area (TPSA) is 44.8 Å². The van der Waals surface area contributed by atoms with Crippen LogP contribution in [-0.2, 0) is 16.1 Å². The van der Waals surface area contributed by atoms with E-state index in [0.29, 0.717) is 32.9 Å². The number of benzene rings is 3. The molecule has 3 aromatic carbocycles. The third kappa shape index (κ3) is 5.74. The van der Waals surface area contributed by atoms with E-state index in [9.17, 15) is 4.79 Å². The standard InChI is InChI=1S/C25H16BrCl2IO4/c1-31-23-10-14(8-17-11-22(33-25(17)30)15-2-5-18(26)6-3-15)9-21(29)24(23)32-13-16-4-7-19(27)12-20(16)28/h2-12H,13H2,1H3. The van der Waals surface area contributed by atoms with Crippen molar-refractivity contribution in [3.63, 3.8) is 0 Å². The van der Waals surface area contributed by atoms with Crippen molar-refractivity contribution in [3.8, 4) is 11.5 Å². The first-order valence-corrected chi connectivity index (χ1v) is 12.3. The average molecular weight is 658 g/mol. The molecular formula is C25H16BrCl2IO4. The van der Waals surface area contributed by atoms with Crippen LogP contribution >= 0.6 is 61.7 Å². The van der Waals surface area contributed by atoms with E-state index >= 15 is 0 Å². The molecule has 1 aliphatic rings. The Kier molecular flexibility index (Phi) is 7.69. The van der Waals surface area contributed by atoms with E-state index in [1.807, 2.05) is 42.5 Å². The summed E-state index contributed by atoms with van der Waals surface area (Å²) in [6.45, 7) is 0.258. The van der Waals surface area contributed by atoms with Crippen molar-refractivity contribution >= 4 is 79.5 Å². The molecule has 0 unspecified atom stereocenters. The minimum atomic E-state index is -0.403. The smallest absolute Gasteiger partial charge is 0.343 e. The Morgan fingerprint density at radius 2 is 1.85 bits per heavy atom. The summed E-state index contributed by atoms with van der Waals surface area (Å²) < 4.78 is 18.8. The predicted molar refractivity (Wildman–Crippen MR) is 143 cm³/mol.